The third kappa shape index (κ3) is 5.94. The Morgan fingerprint density at radius 2 is 1.77 bits per heavy atom. The van der Waals surface area contributed by atoms with Crippen molar-refractivity contribution in [1.82, 2.24) is 5.32 Å². The van der Waals surface area contributed by atoms with Crippen LogP contribution in [-0.4, -0.2) is 23.5 Å². The number of non-ortho nitro benzene ring substituents is 1. The monoisotopic (exact) mass is 472 g/mol. The second-order valence-electron chi connectivity index (χ2n) is 8.50. The normalized spacial score (nSPS) is 12.9. The van der Waals surface area contributed by atoms with Crippen LogP contribution in [0.4, 0.5) is 5.69 Å². The predicted octanol–water partition coefficient (Wildman–Crippen LogP) is 6.02. The molecule has 2 unspecified atom stereocenters. The number of nitrogens with zero attached hydrogens (tertiary/aromatic N) is 1. The van der Waals surface area contributed by atoms with E-state index in [1.807, 2.05) is 12.1 Å². The third-order valence-corrected chi connectivity index (χ3v) is 6.14. The van der Waals surface area contributed by atoms with Gasteiger partial charge >= 0.3 is 5.97 Å². The molecule has 1 aromatic heterocycles. The van der Waals surface area contributed by atoms with E-state index in [0.29, 0.717) is 18.7 Å². The molecule has 0 aliphatic heterocycles. The van der Waals surface area contributed by atoms with E-state index < -0.39 is 10.9 Å². The quantitative estimate of drug-likeness (QED) is 0.172. The maximum absolute atomic E-state index is 12.0. The van der Waals surface area contributed by atoms with Gasteiger partial charge in [-0.3, -0.25) is 10.1 Å². The van der Waals surface area contributed by atoms with Crippen LogP contribution >= 0.6 is 0 Å². The number of carbonyl (C=O) groups excluding carboxylic acids is 1. The molecule has 2 atom stereocenters. The lowest BCUT2D eigenvalue weighted by atomic mass is 9.88. The first-order chi connectivity index (χ1) is 16.9. The molecule has 7 nitrogen and oxygen atoms in total. The Hall–Kier alpha value is -3.97. The number of hydrogen-bond acceptors (Lipinski definition) is 6. The lowest BCUT2D eigenvalue weighted by Crippen LogP contribution is -2.33. The van der Waals surface area contributed by atoms with E-state index in [-0.39, 0.29) is 30.0 Å². The van der Waals surface area contributed by atoms with Crippen molar-refractivity contribution in [3.05, 3.63) is 112 Å². The Kier molecular flexibility index (Phi) is 7.57. The van der Waals surface area contributed by atoms with Crippen molar-refractivity contribution in [2.45, 2.75) is 38.8 Å². The summed E-state index contributed by atoms with van der Waals surface area (Å²) in [6, 6.07) is 24.7. The maximum atomic E-state index is 12.0. The van der Waals surface area contributed by atoms with Gasteiger partial charge in [-0.05, 0) is 53.9 Å². The van der Waals surface area contributed by atoms with E-state index in [0.717, 1.165) is 5.56 Å². The number of nitrogens with one attached hydrogen (secondary N) is 1. The molecule has 3 aromatic carbocycles. The summed E-state index contributed by atoms with van der Waals surface area (Å²) < 4.78 is 10.8. The second kappa shape index (κ2) is 11.0. The number of nitro benzene ring substituents is 1. The molecule has 0 aliphatic carbocycles. The standard InChI is InChI=1S/C28H28N2O5/c1-3-34-28(31)27-15-14-25(35-27)17-26(22-10-12-24(13-11-22)30(32)33)19(2)29-18-20-8-9-21-6-4-5-7-23(21)16-20/h4-16,19,26,29H,3,17-18H2,1-2H3. The summed E-state index contributed by atoms with van der Waals surface area (Å²) in [5.74, 6) is 0.280. The van der Waals surface area contributed by atoms with Gasteiger partial charge in [0.25, 0.3) is 5.69 Å². The minimum Gasteiger partial charge on any atom is -0.460 e. The summed E-state index contributed by atoms with van der Waals surface area (Å²) in [5.41, 5.74) is 2.16. The number of esters is 1. The lowest BCUT2D eigenvalue weighted by molar-refractivity contribution is -0.384. The summed E-state index contributed by atoms with van der Waals surface area (Å²) in [4.78, 5) is 22.7. The molecule has 0 amide bonds. The van der Waals surface area contributed by atoms with Crippen LogP contribution in [0.15, 0.2) is 83.3 Å². The van der Waals surface area contributed by atoms with Crippen molar-refractivity contribution in [2.75, 3.05) is 6.61 Å². The number of carbonyl (C=O) groups is 1. The number of benzene rings is 3. The minimum absolute atomic E-state index is 0.0130. The van der Waals surface area contributed by atoms with Gasteiger partial charge in [0.1, 0.15) is 5.76 Å². The van der Waals surface area contributed by atoms with Gasteiger partial charge in [-0.2, -0.15) is 0 Å². The van der Waals surface area contributed by atoms with E-state index in [1.54, 1.807) is 31.2 Å². The number of hydrogen-bond donors (Lipinski definition) is 1. The zero-order valence-electron chi connectivity index (χ0n) is 19.8. The highest BCUT2D eigenvalue weighted by molar-refractivity contribution is 5.86. The average Bonchev–Trinajstić information content (AvgIpc) is 3.35. The van der Waals surface area contributed by atoms with Crippen molar-refractivity contribution < 1.29 is 18.9 Å². The highest BCUT2D eigenvalue weighted by atomic mass is 16.6. The molecule has 1 N–H and O–H groups in total. The highest BCUT2D eigenvalue weighted by Crippen LogP contribution is 2.28. The Balaban J connectivity index is 1.53. The van der Waals surface area contributed by atoms with E-state index in [1.165, 1.54) is 28.5 Å². The van der Waals surface area contributed by atoms with Crippen LogP contribution in [-0.2, 0) is 17.7 Å². The number of ether oxygens (including phenoxy) is 1. The number of furan rings is 1. The van der Waals surface area contributed by atoms with Crippen molar-refractivity contribution in [3.8, 4) is 0 Å². The van der Waals surface area contributed by atoms with Crippen LogP contribution in [0.5, 0.6) is 0 Å². The SMILES string of the molecule is CCOC(=O)c1ccc(CC(c2ccc([N+](=O)[O-])cc2)C(C)NCc2ccc3ccccc3c2)o1. The Morgan fingerprint density at radius 1 is 1.03 bits per heavy atom. The fourth-order valence-corrected chi connectivity index (χ4v) is 4.21. The molecule has 35 heavy (non-hydrogen) atoms. The van der Waals surface area contributed by atoms with E-state index in [4.69, 9.17) is 9.15 Å². The molecule has 0 saturated carbocycles. The molecule has 0 aliphatic rings. The smallest absolute Gasteiger partial charge is 0.374 e. The summed E-state index contributed by atoms with van der Waals surface area (Å²) in [6.45, 7) is 4.77. The summed E-state index contributed by atoms with van der Waals surface area (Å²) >= 11 is 0. The summed E-state index contributed by atoms with van der Waals surface area (Å²) in [6.07, 6.45) is 0.517. The third-order valence-electron chi connectivity index (χ3n) is 6.14. The largest absolute Gasteiger partial charge is 0.460 e. The van der Waals surface area contributed by atoms with Crippen LogP contribution in [0.2, 0.25) is 0 Å². The van der Waals surface area contributed by atoms with Gasteiger partial charge in [0, 0.05) is 37.1 Å². The van der Waals surface area contributed by atoms with Gasteiger partial charge in [-0.1, -0.05) is 48.5 Å². The molecular weight excluding hydrogens is 444 g/mol. The first-order valence-corrected chi connectivity index (χ1v) is 11.7. The molecule has 0 radical (unpaired) electrons. The Bertz CT molecular complexity index is 1310. The Morgan fingerprint density at radius 3 is 2.49 bits per heavy atom. The molecule has 0 saturated heterocycles. The molecule has 7 heteroatoms. The van der Waals surface area contributed by atoms with Crippen LogP contribution in [0, 0.1) is 10.1 Å². The number of fused-ring (bicyclic) bond motifs is 1. The summed E-state index contributed by atoms with van der Waals surface area (Å²) in [7, 11) is 0. The number of rotatable bonds is 10. The highest BCUT2D eigenvalue weighted by Gasteiger charge is 2.23. The molecule has 4 rings (SSSR count). The topological polar surface area (TPSA) is 94.6 Å². The van der Waals surface area contributed by atoms with Crippen molar-refractivity contribution in [2.24, 2.45) is 0 Å². The predicted molar refractivity (Wildman–Crippen MR) is 134 cm³/mol. The Labute approximate surface area is 203 Å². The molecule has 0 fully saturated rings. The average molecular weight is 473 g/mol. The maximum Gasteiger partial charge on any atom is 0.374 e. The van der Waals surface area contributed by atoms with Crippen LogP contribution in [0.3, 0.4) is 0 Å². The first-order valence-electron chi connectivity index (χ1n) is 11.7. The van der Waals surface area contributed by atoms with E-state index >= 15 is 0 Å². The molecular formula is C28H28N2O5. The van der Waals surface area contributed by atoms with Crippen LogP contribution in [0.1, 0.15) is 47.2 Å². The van der Waals surface area contributed by atoms with Gasteiger partial charge < -0.3 is 14.5 Å². The van der Waals surface area contributed by atoms with Crippen molar-refractivity contribution in [3.63, 3.8) is 0 Å². The molecule has 4 aromatic rings. The van der Waals surface area contributed by atoms with Crippen molar-refractivity contribution in [1.29, 1.82) is 0 Å². The van der Waals surface area contributed by atoms with E-state index in [2.05, 4.69) is 42.6 Å². The van der Waals surface area contributed by atoms with E-state index in [9.17, 15) is 14.9 Å². The fraction of sp³-hybridized carbons (Fsp3) is 0.250. The van der Waals surface area contributed by atoms with Crippen LogP contribution < -0.4 is 5.32 Å². The van der Waals surface area contributed by atoms with Crippen LogP contribution in [0.25, 0.3) is 10.8 Å². The van der Waals surface area contributed by atoms with Gasteiger partial charge in [-0.25, -0.2) is 4.79 Å². The van der Waals surface area contributed by atoms with Gasteiger partial charge in [0.15, 0.2) is 0 Å². The molecule has 180 valence electrons. The molecule has 0 spiro atoms. The van der Waals surface area contributed by atoms with Gasteiger partial charge in [0.05, 0.1) is 11.5 Å². The lowest BCUT2D eigenvalue weighted by Gasteiger charge is -2.25. The zero-order valence-corrected chi connectivity index (χ0v) is 19.8. The van der Waals surface area contributed by atoms with Gasteiger partial charge in [0.2, 0.25) is 5.76 Å². The molecule has 1 heterocycles. The van der Waals surface area contributed by atoms with Crippen molar-refractivity contribution >= 4 is 22.4 Å². The number of nitro groups is 1. The summed E-state index contributed by atoms with van der Waals surface area (Å²) in [5, 5.41) is 17.1. The fourth-order valence-electron chi connectivity index (χ4n) is 4.21. The molecule has 0 bridgehead atoms. The minimum atomic E-state index is -0.492. The zero-order chi connectivity index (χ0) is 24.8. The first kappa shape index (κ1) is 24.2. The second-order valence-corrected chi connectivity index (χ2v) is 8.50. The van der Waals surface area contributed by atoms with Gasteiger partial charge in [-0.15, -0.1) is 0 Å².